The number of rotatable bonds is 2. The van der Waals surface area contributed by atoms with Gasteiger partial charge < -0.3 is 9.64 Å². The van der Waals surface area contributed by atoms with Gasteiger partial charge >= 0.3 is 0 Å². The van der Waals surface area contributed by atoms with E-state index in [0.717, 1.165) is 37.7 Å². The standard InChI is InChI=1S/C11H18BrNO2/c12-7-10-3-1-2-5-13(10)11(14)9-4-6-15-8-9/h9-10H,1-8H2. The van der Waals surface area contributed by atoms with Crippen LogP contribution < -0.4 is 0 Å². The molecule has 2 heterocycles. The van der Waals surface area contributed by atoms with Crippen molar-refractivity contribution < 1.29 is 9.53 Å². The molecule has 0 saturated carbocycles. The number of amides is 1. The van der Waals surface area contributed by atoms with E-state index in [0.29, 0.717) is 18.6 Å². The Bertz CT molecular complexity index is 229. The average Bonchev–Trinajstić information content (AvgIpc) is 2.81. The molecule has 0 aromatic rings. The third kappa shape index (κ3) is 2.53. The lowest BCUT2D eigenvalue weighted by molar-refractivity contribution is -0.138. The smallest absolute Gasteiger partial charge is 0.228 e. The lowest BCUT2D eigenvalue weighted by Crippen LogP contribution is -2.47. The molecule has 2 fully saturated rings. The first-order valence-corrected chi connectivity index (χ1v) is 6.89. The van der Waals surface area contributed by atoms with E-state index in [1.165, 1.54) is 6.42 Å². The van der Waals surface area contributed by atoms with Crippen LogP contribution in [0.2, 0.25) is 0 Å². The van der Waals surface area contributed by atoms with Crippen molar-refractivity contribution in [3.8, 4) is 0 Å². The lowest BCUT2D eigenvalue weighted by atomic mass is 10.00. The van der Waals surface area contributed by atoms with E-state index >= 15 is 0 Å². The van der Waals surface area contributed by atoms with Crippen molar-refractivity contribution in [3.05, 3.63) is 0 Å². The van der Waals surface area contributed by atoms with Crippen LogP contribution in [-0.2, 0) is 9.53 Å². The van der Waals surface area contributed by atoms with Gasteiger partial charge in [0.2, 0.25) is 5.91 Å². The Morgan fingerprint density at radius 2 is 2.27 bits per heavy atom. The van der Waals surface area contributed by atoms with Crippen LogP contribution in [0.1, 0.15) is 25.7 Å². The van der Waals surface area contributed by atoms with Crippen molar-refractivity contribution in [1.82, 2.24) is 4.90 Å². The molecule has 2 aliphatic heterocycles. The summed E-state index contributed by atoms with van der Waals surface area (Å²) in [7, 11) is 0. The van der Waals surface area contributed by atoms with E-state index in [-0.39, 0.29) is 5.92 Å². The molecule has 86 valence electrons. The second-order valence-electron chi connectivity index (χ2n) is 4.40. The highest BCUT2D eigenvalue weighted by atomic mass is 79.9. The van der Waals surface area contributed by atoms with Crippen LogP contribution in [-0.4, -0.2) is 41.9 Å². The Labute approximate surface area is 99.3 Å². The van der Waals surface area contributed by atoms with Gasteiger partial charge in [-0.1, -0.05) is 15.9 Å². The minimum atomic E-state index is 0.129. The van der Waals surface area contributed by atoms with Gasteiger partial charge in [0.1, 0.15) is 0 Å². The van der Waals surface area contributed by atoms with Crippen molar-refractivity contribution in [2.24, 2.45) is 5.92 Å². The molecule has 0 radical (unpaired) electrons. The molecule has 0 aromatic heterocycles. The van der Waals surface area contributed by atoms with E-state index < -0.39 is 0 Å². The van der Waals surface area contributed by atoms with Gasteiger partial charge in [-0.05, 0) is 25.7 Å². The minimum Gasteiger partial charge on any atom is -0.381 e. The van der Waals surface area contributed by atoms with Gasteiger partial charge in [-0.2, -0.15) is 0 Å². The number of nitrogens with zero attached hydrogens (tertiary/aromatic N) is 1. The summed E-state index contributed by atoms with van der Waals surface area (Å²) in [4.78, 5) is 14.3. The molecule has 3 nitrogen and oxygen atoms in total. The maximum Gasteiger partial charge on any atom is 0.228 e. The SMILES string of the molecule is O=C(C1CCOC1)N1CCCCC1CBr. The summed E-state index contributed by atoms with van der Waals surface area (Å²) >= 11 is 3.50. The predicted molar refractivity (Wildman–Crippen MR) is 62.1 cm³/mol. The Balaban J connectivity index is 1.96. The van der Waals surface area contributed by atoms with Crippen molar-refractivity contribution in [2.75, 3.05) is 25.1 Å². The number of halogens is 1. The zero-order valence-corrected chi connectivity index (χ0v) is 10.5. The molecule has 0 aromatic carbocycles. The van der Waals surface area contributed by atoms with Crippen molar-refractivity contribution in [3.63, 3.8) is 0 Å². The number of hydrogen-bond acceptors (Lipinski definition) is 2. The van der Waals surface area contributed by atoms with E-state index in [4.69, 9.17) is 4.74 Å². The van der Waals surface area contributed by atoms with Gasteiger partial charge in [0.05, 0.1) is 12.5 Å². The summed E-state index contributed by atoms with van der Waals surface area (Å²) in [6.45, 7) is 2.32. The molecule has 0 N–H and O–H groups in total. The molecule has 2 atom stereocenters. The van der Waals surface area contributed by atoms with Crippen LogP contribution in [0.4, 0.5) is 0 Å². The first-order valence-electron chi connectivity index (χ1n) is 5.77. The first-order chi connectivity index (χ1) is 7.33. The maximum absolute atomic E-state index is 12.2. The van der Waals surface area contributed by atoms with E-state index in [9.17, 15) is 4.79 Å². The Kier molecular flexibility index (Phi) is 4.03. The zero-order valence-electron chi connectivity index (χ0n) is 8.95. The largest absolute Gasteiger partial charge is 0.381 e. The highest BCUT2D eigenvalue weighted by Gasteiger charge is 2.32. The van der Waals surface area contributed by atoms with E-state index in [1.807, 2.05) is 0 Å². The zero-order chi connectivity index (χ0) is 10.7. The maximum atomic E-state index is 12.2. The minimum absolute atomic E-state index is 0.129. The molecular formula is C11H18BrNO2. The van der Waals surface area contributed by atoms with Crippen molar-refractivity contribution in [2.45, 2.75) is 31.7 Å². The third-order valence-corrected chi connectivity index (χ3v) is 4.11. The molecule has 2 rings (SSSR count). The van der Waals surface area contributed by atoms with Gasteiger partial charge in [0.25, 0.3) is 0 Å². The average molecular weight is 276 g/mol. The first kappa shape index (κ1) is 11.4. The second kappa shape index (κ2) is 5.30. The molecule has 2 unspecified atom stereocenters. The van der Waals surface area contributed by atoms with Gasteiger partial charge in [-0.15, -0.1) is 0 Å². The summed E-state index contributed by atoms with van der Waals surface area (Å²) in [6.07, 6.45) is 4.46. The van der Waals surface area contributed by atoms with Gasteiger partial charge in [-0.25, -0.2) is 0 Å². The van der Waals surface area contributed by atoms with Crippen LogP contribution >= 0.6 is 15.9 Å². The molecule has 0 aliphatic carbocycles. The molecule has 15 heavy (non-hydrogen) atoms. The fraction of sp³-hybridized carbons (Fsp3) is 0.909. The summed E-state index contributed by atoms with van der Waals surface area (Å²) in [6, 6.07) is 0.409. The fourth-order valence-corrected chi connectivity index (χ4v) is 3.09. The number of carbonyl (C=O) groups is 1. The molecule has 2 saturated heterocycles. The number of alkyl halides is 1. The summed E-state index contributed by atoms with van der Waals surface area (Å²) in [5.74, 6) is 0.446. The number of hydrogen-bond donors (Lipinski definition) is 0. The number of carbonyl (C=O) groups excluding carboxylic acids is 1. The third-order valence-electron chi connectivity index (χ3n) is 3.37. The molecule has 0 bridgehead atoms. The summed E-state index contributed by atoms with van der Waals surface area (Å²) < 4.78 is 5.28. The van der Waals surface area contributed by atoms with Crippen molar-refractivity contribution >= 4 is 21.8 Å². The van der Waals surface area contributed by atoms with Gasteiger partial charge in [0.15, 0.2) is 0 Å². The lowest BCUT2D eigenvalue weighted by Gasteiger charge is -2.36. The number of ether oxygens (including phenoxy) is 1. The Morgan fingerprint density at radius 3 is 2.93 bits per heavy atom. The van der Waals surface area contributed by atoms with Gasteiger partial charge in [0, 0.05) is 24.5 Å². The second-order valence-corrected chi connectivity index (χ2v) is 5.04. The van der Waals surface area contributed by atoms with E-state index in [2.05, 4.69) is 20.8 Å². The summed E-state index contributed by atoms with van der Waals surface area (Å²) in [5.41, 5.74) is 0. The van der Waals surface area contributed by atoms with Gasteiger partial charge in [-0.3, -0.25) is 4.79 Å². The van der Waals surface area contributed by atoms with E-state index in [1.54, 1.807) is 0 Å². The molecule has 0 spiro atoms. The Hall–Kier alpha value is -0.0900. The molecule has 2 aliphatic rings. The summed E-state index contributed by atoms with van der Waals surface area (Å²) in [5, 5.41) is 0.909. The fourth-order valence-electron chi connectivity index (χ4n) is 2.41. The monoisotopic (exact) mass is 275 g/mol. The number of likely N-dealkylation sites (tertiary alicyclic amines) is 1. The topological polar surface area (TPSA) is 29.5 Å². The normalized spacial score (nSPS) is 31.9. The van der Waals surface area contributed by atoms with Crippen LogP contribution in [0.5, 0.6) is 0 Å². The van der Waals surface area contributed by atoms with Crippen LogP contribution in [0.25, 0.3) is 0 Å². The van der Waals surface area contributed by atoms with Crippen LogP contribution in [0.15, 0.2) is 0 Å². The van der Waals surface area contributed by atoms with Crippen molar-refractivity contribution in [1.29, 1.82) is 0 Å². The molecule has 4 heteroatoms. The highest BCUT2D eigenvalue weighted by Crippen LogP contribution is 2.23. The molecule has 1 amide bonds. The highest BCUT2D eigenvalue weighted by molar-refractivity contribution is 9.09. The predicted octanol–water partition coefficient (Wildman–Crippen LogP) is 1.80. The quantitative estimate of drug-likeness (QED) is 0.720. The number of piperidine rings is 1. The van der Waals surface area contributed by atoms with Crippen LogP contribution in [0, 0.1) is 5.92 Å². The molecular weight excluding hydrogens is 258 g/mol. The Morgan fingerprint density at radius 1 is 1.40 bits per heavy atom. The van der Waals surface area contributed by atoms with Crippen LogP contribution in [0.3, 0.4) is 0 Å².